The van der Waals surface area contributed by atoms with Gasteiger partial charge in [-0.1, -0.05) is 18.2 Å². The summed E-state index contributed by atoms with van der Waals surface area (Å²) in [5, 5.41) is 2.87. The second-order valence-corrected chi connectivity index (χ2v) is 6.07. The highest BCUT2D eigenvalue weighted by molar-refractivity contribution is 5.98. The lowest BCUT2D eigenvalue weighted by atomic mass is 10.1. The lowest BCUT2D eigenvalue weighted by molar-refractivity contribution is -0.117. The van der Waals surface area contributed by atoms with Crippen LogP contribution in [0.4, 0.5) is 11.4 Å². The van der Waals surface area contributed by atoms with Gasteiger partial charge in [0.25, 0.3) is 0 Å². The Bertz CT molecular complexity index is 819. The van der Waals surface area contributed by atoms with Gasteiger partial charge in [-0.3, -0.25) is 9.59 Å². The van der Waals surface area contributed by atoms with Crippen LogP contribution in [0.5, 0.6) is 11.5 Å². The van der Waals surface area contributed by atoms with Crippen LogP contribution in [-0.4, -0.2) is 32.6 Å². The van der Waals surface area contributed by atoms with Gasteiger partial charge in [0, 0.05) is 30.3 Å². The number of hydrogen-bond donors (Lipinski definition) is 1. The maximum absolute atomic E-state index is 12.4. The maximum atomic E-state index is 12.4. The van der Waals surface area contributed by atoms with Gasteiger partial charge in [-0.2, -0.15) is 0 Å². The van der Waals surface area contributed by atoms with Crippen LogP contribution in [0, 0.1) is 0 Å². The Kier molecular flexibility index (Phi) is 5.41. The van der Waals surface area contributed by atoms with Crippen molar-refractivity contribution in [1.29, 1.82) is 0 Å². The molecule has 136 valence electrons. The van der Waals surface area contributed by atoms with Crippen LogP contribution in [0.1, 0.15) is 18.4 Å². The monoisotopic (exact) mass is 354 g/mol. The van der Waals surface area contributed by atoms with E-state index in [1.54, 1.807) is 37.3 Å². The molecule has 0 atom stereocenters. The minimum Gasteiger partial charge on any atom is -0.496 e. The van der Waals surface area contributed by atoms with E-state index in [2.05, 4.69) is 5.32 Å². The van der Waals surface area contributed by atoms with Gasteiger partial charge in [0.2, 0.25) is 11.8 Å². The zero-order chi connectivity index (χ0) is 18.5. The predicted molar refractivity (Wildman–Crippen MR) is 99.9 cm³/mol. The first-order chi connectivity index (χ1) is 12.6. The molecule has 1 N–H and O–H groups in total. The molecule has 1 heterocycles. The number of amides is 2. The van der Waals surface area contributed by atoms with Crippen molar-refractivity contribution in [3.8, 4) is 11.5 Å². The standard InChI is InChI=1S/C20H22N2O4/c1-25-17-7-4-3-6-14(17)12-19(23)21-15-9-10-16(18(13-15)26-2)22-11-5-8-20(22)24/h3-4,6-7,9-10,13H,5,8,11-12H2,1-2H3,(H,21,23). The fourth-order valence-electron chi connectivity index (χ4n) is 3.11. The molecule has 26 heavy (non-hydrogen) atoms. The molecule has 0 radical (unpaired) electrons. The molecule has 6 heteroatoms. The molecule has 0 spiro atoms. The molecule has 2 amide bonds. The van der Waals surface area contributed by atoms with E-state index in [4.69, 9.17) is 9.47 Å². The molecule has 0 aromatic heterocycles. The number of para-hydroxylation sites is 1. The Labute approximate surface area is 152 Å². The van der Waals surface area contributed by atoms with Gasteiger partial charge in [0.1, 0.15) is 11.5 Å². The van der Waals surface area contributed by atoms with E-state index >= 15 is 0 Å². The molecule has 1 aliphatic rings. The van der Waals surface area contributed by atoms with E-state index in [1.807, 2.05) is 24.3 Å². The molecule has 6 nitrogen and oxygen atoms in total. The Morgan fingerprint density at radius 2 is 1.88 bits per heavy atom. The first kappa shape index (κ1) is 17.8. The number of hydrogen-bond acceptors (Lipinski definition) is 4. The second-order valence-electron chi connectivity index (χ2n) is 6.07. The SMILES string of the molecule is COc1ccccc1CC(=O)Nc1ccc(N2CCCC2=O)c(OC)c1. The van der Waals surface area contributed by atoms with Gasteiger partial charge in [-0.15, -0.1) is 0 Å². The summed E-state index contributed by atoms with van der Waals surface area (Å²) in [7, 11) is 3.14. The summed E-state index contributed by atoms with van der Waals surface area (Å²) < 4.78 is 10.7. The van der Waals surface area contributed by atoms with Crippen LogP contribution in [0.25, 0.3) is 0 Å². The van der Waals surface area contributed by atoms with Gasteiger partial charge in [-0.05, 0) is 24.6 Å². The molecule has 0 aliphatic carbocycles. The van der Waals surface area contributed by atoms with Gasteiger partial charge < -0.3 is 19.7 Å². The minimum absolute atomic E-state index is 0.0938. The molecule has 1 saturated heterocycles. The third kappa shape index (κ3) is 3.79. The van der Waals surface area contributed by atoms with Crippen LogP contribution in [0.2, 0.25) is 0 Å². The Hall–Kier alpha value is -3.02. The van der Waals surface area contributed by atoms with Crippen molar-refractivity contribution >= 4 is 23.2 Å². The number of anilines is 2. The summed E-state index contributed by atoms with van der Waals surface area (Å²) in [5.74, 6) is 1.19. The van der Waals surface area contributed by atoms with Crippen LogP contribution in [0.15, 0.2) is 42.5 Å². The number of nitrogens with one attached hydrogen (secondary N) is 1. The lowest BCUT2D eigenvalue weighted by Gasteiger charge is -2.19. The molecule has 1 aliphatic heterocycles. The number of rotatable bonds is 6. The van der Waals surface area contributed by atoms with Crippen LogP contribution >= 0.6 is 0 Å². The van der Waals surface area contributed by atoms with Crippen LogP contribution in [0.3, 0.4) is 0 Å². The smallest absolute Gasteiger partial charge is 0.228 e. The molecular formula is C20H22N2O4. The van der Waals surface area contributed by atoms with Crippen molar-refractivity contribution in [3.05, 3.63) is 48.0 Å². The van der Waals surface area contributed by atoms with E-state index < -0.39 is 0 Å². The summed E-state index contributed by atoms with van der Waals surface area (Å²) in [6, 6.07) is 12.7. The van der Waals surface area contributed by atoms with Gasteiger partial charge in [-0.25, -0.2) is 0 Å². The minimum atomic E-state index is -0.151. The highest BCUT2D eigenvalue weighted by atomic mass is 16.5. The molecule has 0 saturated carbocycles. The number of methoxy groups -OCH3 is 2. The highest BCUT2D eigenvalue weighted by Crippen LogP contribution is 2.34. The molecule has 3 rings (SSSR count). The quantitative estimate of drug-likeness (QED) is 0.866. The van der Waals surface area contributed by atoms with Crippen molar-refractivity contribution in [2.24, 2.45) is 0 Å². The molecular weight excluding hydrogens is 332 g/mol. The number of benzene rings is 2. The number of nitrogens with zero attached hydrogens (tertiary/aromatic N) is 1. The fraction of sp³-hybridized carbons (Fsp3) is 0.300. The van der Waals surface area contributed by atoms with E-state index in [-0.39, 0.29) is 18.2 Å². The summed E-state index contributed by atoms with van der Waals surface area (Å²) in [6.07, 6.45) is 1.61. The van der Waals surface area contributed by atoms with Crippen molar-refractivity contribution in [3.63, 3.8) is 0 Å². The number of carbonyl (C=O) groups excluding carboxylic acids is 2. The van der Waals surface area contributed by atoms with E-state index in [9.17, 15) is 9.59 Å². The third-order valence-corrected chi connectivity index (χ3v) is 4.37. The normalized spacial score (nSPS) is 13.6. The van der Waals surface area contributed by atoms with Gasteiger partial charge >= 0.3 is 0 Å². The van der Waals surface area contributed by atoms with Crippen LogP contribution in [-0.2, 0) is 16.0 Å². The van der Waals surface area contributed by atoms with E-state index in [0.29, 0.717) is 30.2 Å². The summed E-state index contributed by atoms with van der Waals surface area (Å²) >= 11 is 0. The van der Waals surface area contributed by atoms with Crippen molar-refractivity contribution in [2.75, 3.05) is 31.0 Å². The maximum Gasteiger partial charge on any atom is 0.228 e. The summed E-state index contributed by atoms with van der Waals surface area (Å²) in [5.41, 5.74) is 2.17. The van der Waals surface area contributed by atoms with Gasteiger partial charge in [0.15, 0.2) is 0 Å². The third-order valence-electron chi connectivity index (χ3n) is 4.37. The average molecular weight is 354 g/mol. The molecule has 1 fully saturated rings. The van der Waals surface area contributed by atoms with Crippen molar-refractivity contribution < 1.29 is 19.1 Å². The molecule has 0 bridgehead atoms. The predicted octanol–water partition coefficient (Wildman–Crippen LogP) is 3.01. The van der Waals surface area contributed by atoms with Crippen molar-refractivity contribution in [1.82, 2.24) is 0 Å². The first-order valence-corrected chi connectivity index (χ1v) is 8.52. The zero-order valence-corrected chi connectivity index (χ0v) is 15.0. The lowest BCUT2D eigenvalue weighted by Crippen LogP contribution is -2.24. The summed E-state index contributed by atoms with van der Waals surface area (Å²) in [4.78, 5) is 26.1. The highest BCUT2D eigenvalue weighted by Gasteiger charge is 2.24. The van der Waals surface area contributed by atoms with E-state index in [0.717, 1.165) is 17.7 Å². The zero-order valence-electron chi connectivity index (χ0n) is 15.0. The molecule has 0 unspecified atom stereocenters. The van der Waals surface area contributed by atoms with E-state index in [1.165, 1.54) is 0 Å². The summed E-state index contributed by atoms with van der Waals surface area (Å²) in [6.45, 7) is 0.689. The second kappa shape index (κ2) is 7.91. The average Bonchev–Trinajstić information content (AvgIpc) is 3.07. The number of carbonyl (C=O) groups is 2. The number of ether oxygens (including phenoxy) is 2. The Morgan fingerprint density at radius 1 is 1.12 bits per heavy atom. The topological polar surface area (TPSA) is 67.9 Å². The first-order valence-electron chi connectivity index (χ1n) is 8.52. The van der Waals surface area contributed by atoms with Crippen molar-refractivity contribution in [2.45, 2.75) is 19.3 Å². The fourth-order valence-corrected chi connectivity index (χ4v) is 3.11. The Morgan fingerprint density at radius 3 is 2.58 bits per heavy atom. The Balaban J connectivity index is 1.73. The molecule has 2 aromatic carbocycles. The van der Waals surface area contributed by atoms with Gasteiger partial charge in [0.05, 0.1) is 26.3 Å². The van der Waals surface area contributed by atoms with Crippen LogP contribution < -0.4 is 19.7 Å². The largest absolute Gasteiger partial charge is 0.496 e. The molecule has 2 aromatic rings.